The lowest BCUT2D eigenvalue weighted by Crippen LogP contribution is -2.14. The van der Waals surface area contributed by atoms with Gasteiger partial charge in [-0.05, 0) is 13.3 Å². The van der Waals surface area contributed by atoms with Crippen LogP contribution in [0.1, 0.15) is 44.9 Å². The Morgan fingerprint density at radius 1 is 1.33 bits per heavy atom. The van der Waals surface area contributed by atoms with Gasteiger partial charge >= 0.3 is 0 Å². The quantitative estimate of drug-likeness (QED) is 0.682. The molecule has 0 radical (unpaired) electrons. The number of aromatic amines is 1. The first-order chi connectivity index (χ1) is 5.45. The largest absolute Gasteiger partial charge is 0.346 e. The van der Waals surface area contributed by atoms with Crippen LogP contribution in [0.3, 0.4) is 0 Å². The number of aromatic nitrogens is 2. The van der Waals surface area contributed by atoms with E-state index >= 15 is 0 Å². The summed E-state index contributed by atoms with van der Waals surface area (Å²) in [6.45, 7) is 10.8. The molecule has 0 saturated heterocycles. The predicted octanol–water partition coefficient (Wildman–Crippen LogP) is 2.58. The SMILES string of the molecule is CCc1[nH]c(C)nc1C(C)(C)C. The van der Waals surface area contributed by atoms with Crippen LogP contribution in [-0.4, -0.2) is 9.97 Å². The highest BCUT2D eigenvalue weighted by molar-refractivity contribution is 5.21. The van der Waals surface area contributed by atoms with Crippen LogP contribution in [0.15, 0.2) is 0 Å². The fourth-order valence-electron chi connectivity index (χ4n) is 1.42. The zero-order chi connectivity index (χ0) is 9.35. The number of nitrogens with one attached hydrogen (secondary N) is 1. The van der Waals surface area contributed by atoms with E-state index in [-0.39, 0.29) is 5.41 Å². The third-order valence-corrected chi connectivity index (χ3v) is 1.96. The Bertz CT molecular complexity index is 266. The molecular weight excluding hydrogens is 148 g/mol. The molecular formula is C10H18N2. The molecule has 12 heavy (non-hydrogen) atoms. The molecule has 0 aliphatic heterocycles. The second-order valence-electron chi connectivity index (χ2n) is 4.25. The van der Waals surface area contributed by atoms with Crippen LogP contribution in [-0.2, 0) is 11.8 Å². The number of imidazole rings is 1. The van der Waals surface area contributed by atoms with Crippen LogP contribution < -0.4 is 0 Å². The molecule has 0 aromatic carbocycles. The average Bonchev–Trinajstić information content (AvgIpc) is 2.29. The van der Waals surface area contributed by atoms with E-state index in [4.69, 9.17) is 0 Å². The fourth-order valence-corrected chi connectivity index (χ4v) is 1.42. The van der Waals surface area contributed by atoms with E-state index in [9.17, 15) is 0 Å². The van der Waals surface area contributed by atoms with Gasteiger partial charge in [0.2, 0.25) is 0 Å². The third-order valence-electron chi connectivity index (χ3n) is 1.96. The van der Waals surface area contributed by atoms with Gasteiger partial charge in [-0.15, -0.1) is 0 Å². The summed E-state index contributed by atoms with van der Waals surface area (Å²) in [4.78, 5) is 7.79. The monoisotopic (exact) mass is 166 g/mol. The summed E-state index contributed by atoms with van der Waals surface area (Å²) >= 11 is 0. The summed E-state index contributed by atoms with van der Waals surface area (Å²) < 4.78 is 0. The van der Waals surface area contributed by atoms with Crippen LogP contribution in [0.4, 0.5) is 0 Å². The van der Waals surface area contributed by atoms with Crippen molar-refractivity contribution < 1.29 is 0 Å². The number of H-pyrrole nitrogens is 1. The van der Waals surface area contributed by atoms with E-state index in [0.717, 1.165) is 12.2 Å². The highest BCUT2D eigenvalue weighted by Gasteiger charge is 2.20. The zero-order valence-corrected chi connectivity index (χ0v) is 8.65. The summed E-state index contributed by atoms with van der Waals surface area (Å²) in [5.74, 6) is 1.02. The Morgan fingerprint density at radius 3 is 2.25 bits per heavy atom. The Kier molecular flexibility index (Phi) is 2.27. The van der Waals surface area contributed by atoms with Gasteiger partial charge in [-0.25, -0.2) is 4.98 Å². The van der Waals surface area contributed by atoms with Crippen LogP contribution in [0, 0.1) is 6.92 Å². The van der Waals surface area contributed by atoms with E-state index < -0.39 is 0 Å². The molecule has 1 aromatic heterocycles. The summed E-state index contributed by atoms with van der Waals surface area (Å²) in [6.07, 6.45) is 1.04. The van der Waals surface area contributed by atoms with Crippen molar-refractivity contribution in [2.45, 2.75) is 46.5 Å². The molecule has 0 aliphatic carbocycles. The first kappa shape index (κ1) is 9.30. The Balaban J connectivity index is 3.13. The second-order valence-corrected chi connectivity index (χ2v) is 4.25. The van der Waals surface area contributed by atoms with Crippen molar-refractivity contribution in [1.82, 2.24) is 9.97 Å². The van der Waals surface area contributed by atoms with Crippen LogP contribution >= 0.6 is 0 Å². The first-order valence-corrected chi connectivity index (χ1v) is 4.51. The molecule has 2 nitrogen and oxygen atoms in total. The number of hydrogen-bond donors (Lipinski definition) is 1. The summed E-state index contributed by atoms with van der Waals surface area (Å²) in [5, 5.41) is 0. The van der Waals surface area contributed by atoms with Gasteiger partial charge in [-0.1, -0.05) is 27.7 Å². The topological polar surface area (TPSA) is 28.7 Å². The van der Waals surface area contributed by atoms with Crippen molar-refractivity contribution in [2.75, 3.05) is 0 Å². The third kappa shape index (κ3) is 1.68. The van der Waals surface area contributed by atoms with Crippen LogP contribution in [0.5, 0.6) is 0 Å². The molecule has 1 rings (SSSR count). The van der Waals surface area contributed by atoms with Gasteiger partial charge in [0.15, 0.2) is 0 Å². The van der Waals surface area contributed by atoms with Crippen molar-refractivity contribution in [2.24, 2.45) is 0 Å². The van der Waals surface area contributed by atoms with E-state index in [1.165, 1.54) is 11.4 Å². The lowest BCUT2D eigenvalue weighted by Gasteiger charge is -2.16. The molecule has 0 fully saturated rings. The van der Waals surface area contributed by atoms with Gasteiger partial charge in [0.25, 0.3) is 0 Å². The van der Waals surface area contributed by atoms with Crippen LogP contribution in [0.2, 0.25) is 0 Å². The minimum absolute atomic E-state index is 0.163. The Labute approximate surface area is 74.4 Å². The number of hydrogen-bond acceptors (Lipinski definition) is 1. The van der Waals surface area contributed by atoms with Gasteiger partial charge < -0.3 is 4.98 Å². The van der Waals surface area contributed by atoms with Gasteiger partial charge in [-0.2, -0.15) is 0 Å². The van der Waals surface area contributed by atoms with Gasteiger partial charge in [0, 0.05) is 11.1 Å². The summed E-state index contributed by atoms with van der Waals surface area (Å²) in [7, 11) is 0. The maximum absolute atomic E-state index is 4.50. The van der Waals surface area contributed by atoms with E-state index in [0.29, 0.717) is 0 Å². The van der Waals surface area contributed by atoms with Crippen molar-refractivity contribution in [3.8, 4) is 0 Å². The first-order valence-electron chi connectivity index (χ1n) is 4.51. The predicted molar refractivity (Wildman–Crippen MR) is 51.4 cm³/mol. The highest BCUT2D eigenvalue weighted by atomic mass is 14.9. The molecule has 0 atom stereocenters. The molecule has 1 aromatic rings. The van der Waals surface area contributed by atoms with Crippen molar-refractivity contribution in [3.63, 3.8) is 0 Å². The lowest BCUT2D eigenvalue weighted by molar-refractivity contribution is 0.564. The van der Waals surface area contributed by atoms with E-state index in [1.807, 2.05) is 6.92 Å². The van der Waals surface area contributed by atoms with Crippen molar-refractivity contribution in [1.29, 1.82) is 0 Å². The number of aryl methyl sites for hydroxylation is 2. The Hall–Kier alpha value is -0.790. The number of nitrogens with zero attached hydrogens (tertiary/aromatic N) is 1. The van der Waals surface area contributed by atoms with Gasteiger partial charge in [0.05, 0.1) is 5.69 Å². The smallest absolute Gasteiger partial charge is 0.103 e. The fraction of sp³-hybridized carbons (Fsp3) is 0.700. The molecule has 0 amide bonds. The molecule has 1 N–H and O–H groups in total. The van der Waals surface area contributed by atoms with Gasteiger partial charge in [-0.3, -0.25) is 0 Å². The standard InChI is InChI=1S/C10H18N2/c1-6-8-9(10(3,4)5)12-7(2)11-8/h6H2,1-5H3,(H,11,12). The summed E-state index contributed by atoms with van der Waals surface area (Å²) in [6, 6.07) is 0. The number of rotatable bonds is 1. The van der Waals surface area contributed by atoms with Crippen molar-refractivity contribution in [3.05, 3.63) is 17.2 Å². The van der Waals surface area contributed by atoms with E-state index in [2.05, 4.69) is 37.7 Å². The molecule has 1 heterocycles. The summed E-state index contributed by atoms with van der Waals surface area (Å²) in [5.41, 5.74) is 2.65. The average molecular weight is 166 g/mol. The lowest BCUT2D eigenvalue weighted by atomic mass is 9.90. The molecule has 0 aliphatic rings. The van der Waals surface area contributed by atoms with Crippen molar-refractivity contribution >= 4 is 0 Å². The van der Waals surface area contributed by atoms with Gasteiger partial charge in [0.1, 0.15) is 5.82 Å². The molecule has 0 bridgehead atoms. The maximum atomic E-state index is 4.50. The second kappa shape index (κ2) is 2.92. The highest BCUT2D eigenvalue weighted by Crippen LogP contribution is 2.23. The maximum Gasteiger partial charge on any atom is 0.103 e. The Morgan fingerprint density at radius 2 is 1.92 bits per heavy atom. The van der Waals surface area contributed by atoms with Crippen LogP contribution in [0.25, 0.3) is 0 Å². The molecule has 68 valence electrons. The normalized spacial score (nSPS) is 12.1. The minimum Gasteiger partial charge on any atom is -0.346 e. The minimum atomic E-state index is 0.163. The molecule has 0 saturated carbocycles. The molecule has 2 heteroatoms. The molecule has 0 spiro atoms. The van der Waals surface area contributed by atoms with E-state index in [1.54, 1.807) is 0 Å². The molecule has 0 unspecified atom stereocenters. The zero-order valence-electron chi connectivity index (χ0n) is 8.65.